The second-order valence-corrected chi connectivity index (χ2v) is 4.69. The van der Waals surface area contributed by atoms with Crippen LogP contribution in [-0.4, -0.2) is 23.3 Å². The highest BCUT2D eigenvalue weighted by Gasteiger charge is 2.11. The van der Waals surface area contributed by atoms with Crippen LogP contribution in [0.3, 0.4) is 0 Å². The van der Waals surface area contributed by atoms with Gasteiger partial charge in [-0.25, -0.2) is 0 Å². The van der Waals surface area contributed by atoms with Gasteiger partial charge in [-0.15, -0.1) is 5.10 Å². The number of benzene rings is 1. The van der Waals surface area contributed by atoms with Gasteiger partial charge in [-0.3, -0.25) is 0 Å². The minimum atomic E-state index is 0.764. The topological polar surface area (TPSA) is 41.0 Å². The second kappa shape index (κ2) is 7.01. The summed E-state index contributed by atoms with van der Waals surface area (Å²) in [5.74, 6) is 0.891. The van der Waals surface area contributed by atoms with E-state index in [1.807, 2.05) is 12.1 Å². The van der Waals surface area contributed by atoms with Gasteiger partial charge in [0.2, 0.25) is 0 Å². The predicted molar refractivity (Wildman–Crippen MR) is 83.3 cm³/mol. The quantitative estimate of drug-likeness (QED) is 0.876. The summed E-state index contributed by atoms with van der Waals surface area (Å²) in [6, 6.07) is 12.4. The van der Waals surface area contributed by atoms with Gasteiger partial charge in [-0.2, -0.15) is 5.10 Å². The molecule has 106 valence electrons. The van der Waals surface area contributed by atoms with Gasteiger partial charge < -0.3 is 10.2 Å². The Morgan fingerprint density at radius 3 is 2.45 bits per heavy atom. The molecule has 0 radical (unpaired) electrons. The summed E-state index contributed by atoms with van der Waals surface area (Å²) in [6.07, 6.45) is 0. The van der Waals surface area contributed by atoms with Crippen LogP contribution in [0.25, 0.3) is 0 Å². The lowest BCUT2D eigenvalue weighted by molar-refractivity contribution is 0.697. The molecule has 0 aliphatic heterocycles. The van der Waals surface area contributed by atoms with Crippen molar-refractivity contribution in [2.75, 3.05) is 18.0 Å². The zero-order valence-corrected chi connectivity index (χ0v) is 12.4. The smallest absolute Gasteiger partial charge is 0.155 e. The molecule has 0 unspecified atom stereocenters. The molecule has 1 N–H and O–H groups in total. The minimum absolute atomic E-state index is 0.764. The van der Waals surface area contributed by atoms with E-state index in [0.717, 1.165) is 31.1 Å². The molecule has 0 atom stereocenters. The third kappa shape index (κ3) is 3.33. The third-order valence-corrected chi connectivity index (χ3v) is 3.26. The van der Waals surface area contributed by atoms with E-state index >= 15 is 0 Å². The van der Waals surface area contributed by atoms with Gasteiger partial charge in [0.25, 0.3) is 0 Å². The molecule has 4 nitrogen and oxygen atoms in total. The van der Waals surface area contributed by atoms with Crippen LogP contribution in [-0.2, 0) is 6.54 Å². The summed E-state index contributed by atoms with van der Waals surface area (Å²) in [4.78, 5) is 2.18. The van der Waals surface area contributed by atoms with Crippen molar-refractivity contribution in [1.29, 1.82) is 0 Å². The van der Waals surface area contributed by atoms with Crippen LogP contribution in [0.2, 0.25) is 0 Å². The first-order valence-corrected chi connectivity index (χ1v) is 7.12. The molecule has 0 aliphatic rings. The molecule has 1 aromatic heterocycles. The highest BCUT2D eigenvalue weighted by atomic mass is 15.3. The van der Waals surface area contributed by atoms with Crippen molar-refractivity contribution in [3.8, 4) is 0 Å². The first-order valence-electron chi connectivity index (χ1n) is 7.12. The van der Waals surface area contributed by atoms with Crippen molar-refractivity contribution in [3.63, 3.8) is 0 Å². The van der Waals surface area contributed by atoms with Gasteiger partial charge in [-0.1, -0.05) is 25.1 Å². The number of aryl methyl sites for hydroxylation is 1. The fraction of sp³-hybridized carbons (Fsp3) is 0.375. The molecule has 1 aromatic carbocycles. The minimum Gasteiger partial charge on any atom is -0.325 e. The Bertz CT molecular complexity index is 536. The van der Waals surface area contributed by atoms with Crippen molar-refractivity contribution in [3.05, 3.63) is 47.7 Å². The summed E-state index contributed by atoms with van der Waals surface area (Å²) < 4.78 is 0. The molecular weight excluding hydrogens is 248 g/mol. The number of aromatic nitrogens is 2. The van der Waals surface area contributed by atoms with Crippen molar-refractivity contribution >= 4 is 11.5 Å². The Balaban J connectivity index is 2.22. The standard InChI is InChI=1S/C16H22N4/c1-4-17-12-14-10-11-16(19-18-14)20(5-2)15-9-7-6-8-13(15)3/h6-11,17H,4-5,12H2,1-3H3. The average Bonchev–Trinajstić information content (AvgIpc) is 2.49. The van der Waals surface area contributed by atoms with Crippen LogP contribution >= 0.6 is 0 Å². The second-order valence-electron chi connectivity index (χ2n) is 4.69. The molecule has 0 saturated carbocycles. The summed E-state index contributed by atoms with van der Waals surface area (Å²) >= 11 is 0. The normalized spacial score (nSPS) is 10.6. The average molecular weight is 270 g/mol. The zero-order chi connectivity index (χ0) is 14.4. The van der Waals surface area contributed by atoms with E-state index in [-0.39, 0.29) is 0 Å². The number of anilines is 2. The summed E-state index contributed by atoms with van der Waals surface area (Å²) in [6.45, 7) is 8.89. The molecular formula is C16H22N4. The molecule has 0 bridgehead atoms. The Morgan fingerprint density at radius 2 is 1.85 bits per heavy atom. The maximum atomic E-state index is 4.36. The van der Waals surface area contributed by atoms with E-state index in [1.165, 1.54) is 11.3 Å². The van der Waals surface area contributed by atoms with Crippen molar-refractivity contribution in [2.45, 2.75) is 27.3 Å². The summed E-state index contributed by atoms with van der Waals surface area (Å²) in [7, 11) is 0. The van der Waals surface area contributed by atoms with Gasteiger partial charge in [0.05, 0.1) is 5.69 Å². The lowest BCUT2D eigenvalue weighted by atomic mass is 10.2. The van der Waals surface area contributed by atoms with Crippen LogP contribution in [0, 0.1) is 6.92 Å². The molecule has 20 heavy (non-hydrogen) atoms. The highest BCUT2D eigenvalue weighted by molar-refractivity contribution is 5.63. The van der Waals surface area contributed by atoms with Crippen LogP contribution in [0.4, 0.5) is 11.5 Å². The number of rotatable bonds is 6. The third-order valence-electron chi connectivity index (χ3n) is 3.26. The zero-order valence-electron chi connectivity index (χ0n) is 12.4. The maximum absolute atomic E-state index is 4.36. The van der Waals surface area contributed by atoms with Crippen LogP contribution in [0.1, 0.15) is 25.1 Å². The molecule has 2 aromatic rings. The van der Waals surface area contributed by atoms with Gasteiger partial charge >= 0.3 is 0 Å². The van der Waals surface area contributed by atoms with Crippen molar-refractivity contribution in [1.82, 2.24) is 15.5 Å². The molecule has 0 fully saturated rings. The predicted octanol–water partition coefficient (Wildman–Crippen LogP) is 3.05. The van der Waals surface area contributed by atoms with Crippen LogP contribution < -0.4 is 10.2 Å². The van der Waals surface area contributed by atoms with Gasteiger partial charge in [0.1, 0.15) is 0 Å². The van der Waals surface area contributed by atoms with Crippen LogP contribution in [0.5, 0.6) is 0 Å². The number of para-hydroxylation sites is 1. The maximum Gasteiger partial charge on any atom is 0.155 e. The Labute approximate surface area is 120 Å². The Kier molecular flexibility index (Phi) is 5.07. The van der Waals surface area contributed by atoms with E-state index in [0.29, 0.717) is 0 Å². The molecule has 0 spiro atoms. The Hall–Kier alpha value is -1.94. The van der Waals surface area contributed by atoms with Crippen LogP contribution in [0.15, 0.2) is 36.4 Å². The summed E-state index contributed by atoms with van der Waals surface area (Å²) in [5.41, 5.74) is 3.40. The summed E-state index contributed by atoms with van der Waals surface area (Å²) in [5, 5.41) is 11.9. The fourth-order valence-corrected chi connectivity index (χ4v) is 2.17. The number of hydrogen-bond donors (Lipinski definition) is 1. The Morgan fingerprint density at radius 1 is 1.05 bits per heavy atom. The van der Waals surface area contributed by atoms with Crippen molar-refractivity contribution < 1.29 is 0 Å². The monoisotopic (exact) mass is 270 g/mol. The first-order chi connectivity index (χ1) is 9.76. The molecule has 0 aliphatic carbocycles. The SMILES string of the molecule is CCNCc1ccc(N(CC)c2ccccc2C)nn1. The van der Waals surface area contributed by atoms with Gasteiger partial charge in [-0.05, 0) is 44.2 Å². The van der Waals surface area contributed by atoms with Gasteiger partial charge in [0, 0.05) is 18.8 Å². The molecule has 4 heteroatoms. The lowest BCUT2D eigenvalue weighted by Gasteiger charge is -2.23. The number of hydrogen-bond acceptors (Lipinski definition) is 4. The van der Waals surface area contributed by atoms with E-state index in [4.69, 9.17) is 0 Å². The number of nitrogens with zero attached hydrogens (tertiary/aromatic N) is 3. The van der Waals surface area contributed by atoms with E-state index < -0.39 is 0 Å². The highest BCUT2D eigenvalue weighted by Crippen LogP contribution is 2.25. The fourth-order valence-electron chi connectivity index (χ4n) is 2.17. The molecule has 2 rings (SSSR count). The van der Waals surface area contributed by atoms with E-state index in [9.17, 15) is 0 Å². The van der Waals surface area contributed by atoms with E-state index in [2.05, 4.69) is 65.5 Å². The van der Waals surface area contributed by atoms with E-state index in [1.54, 1.807) is 0 Å². The largest absolute Gasteiger partial charge is 0.325 e. The molecule has 1 heterocycles. The van der Waals surface area contributed by atoms with Gasteiger partial charge in [0.15, 0.2) is 5.82 Å². The first kappa shape index (κ1) is 14.5. The lowest BCUT2D eigenvalue weighted by Crippen LogP contribution is -2.19. The molecule has 0 saturated heterocycles. The molecule has 0 amide bonds. The van der Waals surface area contributed by atoms with Crippen molar-refractivity contribution in [2.24, 2.45) is 0 Å². The number of nitrogens with one attached hydrogen (secondary N) is 1.